The number of imidazole rings is 1. The molecule has 2 N–H and O–H groups in total. The Morgan fingerprint density at radius 2 is 2.16 bits per heavy atom. The van der Waals surface area contributed by atoms with Crippen LogP contribution in [-0.4, -0.2) is 37.6 Å². The molecular weight excluding hydrogens is 264 g/mol. The summed E-state index contributed by atoms with van der Waals surface area (Å²) in [4.78, 5) is 4.05. The Hall–Kier alpha value is -0.920. The number of aryl methyl sites for hydroxylation is 2. The van der Waals surface area contributed by atoms with Crippen molar-refractivity contribution in [1.82, 2.24) is 19.6 Å². The molecule has 0 aromatic carbocycles. The average molecular weight is 286 g/mol. The highest BCUT2D eigenvalue weighted by Crippen LogP contribution is 2.15. The van der Waals surface area contributed by atoms with Crippen LogP contribution < -0.4 is 10.0 Å². The van der Waals surface area contributed by atoms with E-state index in [0.717, 1.165) is 32.4 Å². The summed E-state index contributed by atoms with van der Waals surface area (Å²) >= 11 is 0. The van der Waals surface area contributed by atoms with Gasteiger partial charge in [-0.15, -0.1) is 0 Å². The van der Waals surface area contributed by atoms with E-state index in [-0.39, 0.29) is 5.03 Å². The van der Waals surface area contributed by atoms with Crippen LogP contribution in [-0.2, 0) is 17.1 Å². The molecule has 0 spiro atoms. The zero-order valence-corrected chi connectivity index (χ0v) is 12.3. The molecule has 0 aliphatic carbocycles. The van der Waals surface area contributed by atoms with Gasteiger partial charge in [0.05, 0.1) is 0 Å². The molecule has 7 heteroatoms. The van der Waals surface area contributed by atoms with Crippen LogP contribution in [0.25, 0.3) is 0 Å². The van der Waals surface area contributed by atoms with Crippen molar-refractivity contribution in [1.29, 1.82) is 0 Å². The molecule has 0 saturated carbocycles. The van der Waals surface area contributed by atoms with Gasteiger partial charge in [-0.2, -0.15) is 0 Å². The molecule has 6 nitrogen and oxygen atoms in total. The smallest absolute Gasteiger partial charge is 0.259 e. The monoisotopic (exact) mass is 286 g/mol. The minimum absolute atomic E-state index is 0.109. The number of rotatable bonds is 5. The first kappa shape index (κ1) is 14.5. The minimum atomic E-state index is -3.46. The van der Waals surface area contributed by atoms with Gasteiger partial charge in [-0.3, -0.25) is 0 Å². The maximum absolute atomic E-state index is 12.0. The van der Waals surface area contributed by atoms with E-state index in [0.29, 0.717) is 18.3 Å². The third kappa shape index (κ3) is 3.77. The molecule has 1 aromatic heterocycles. The van der Waals surface area contributed by atoms with Crippen molar-refractivity contribution in [2.45, 2.75) is 31.2 Å². The molecule has 0 amide bonds. The second kappa shape index (κ2) is 6.02. The van der Waals surface area contributed by atoms with Crippen LogP contribution >= 0.6 is 0 Å². The van der Waals surface area contributed by atoms with Gasteiger partial charge in [0.25, 0.3) is 10.0 Å². The summed E-state index contributed by atoms with van der Waals surface area (Å²) in [5.74, 6) is 1.31. The van der Waals surface area contributed by atoms with Crippen LogP contribution in [0.4, 0.5) is 0 Å². The highest BCUT2D eigenvalue weighted by atomic mass is 32.2. The first-order valence-corrected chi connectivity index (χ1v) is 8.18. The molecule has 0 atom stereocenters. The lowest BCUT2D eigenvalue weighted by atomic mass is 9.95. The highest BCUT2D eigenvalue weighted by molar-refractivity contribution is 7.89. The largest absolute Gasteiger partial charge is 0.337 e. The molecule has 0 unspecified atom stereocenters. The number of nitrogens with one attached hydrogen (secondary N) is 2. The Morgan fingerprint density at radius 1 is 1.47 bits per heavy atom. The molecule has 108 valence electrons. The molecule has 19 heavy (non-hydrogen) atoms. The van der Waals surface area contributed by atoms with Gasteiger partial charge in [0.1, 0.15) is 5.82 Å². The first-order chi connectivity index (χ1) is 8.99. The second-order valence-corrected chi connectivity index (χ2v) is 6.83. The number of nitrogens with zero attached hydrogens (tertiary/aromatic N) is 2. The Bertz CT molecular complexity index is 498. The number of hydrogen-bond acceptors (Lipinski definition) is 4. The fourth-order valence-electron chi connectivity index (χ4n) is 2.30. The summed E-state index contributed by atoms with van der Waals surface area (Å²) < 4.78 is 28.4. The molecular formula is C12H22N4O2S. The van der Waals surface area contributed by atoms with Gasteiger partial charge in [0.15, 0.2) is 5.03 Å². The summed E-state index contributed by atoms with van der Waals surface area (Å²) in [5.41, 5.74) is 0. The summed E-state index contributed by atoms with van der Waals surface area (Å²) in [6.07, 6.45) is 4.70. The van der Waals surface area contributed by atoms with Crippen LogP contribution in [0.15, 0.2) is 11.2 Å². The molecule has 2 heterocycles. The molecule has 1 fully saturated rings. The van der Waals surface area contributed by atoms with E-state index < -0.39 is 10.0 Å². The van der Waals surface area contributed by atoms with E-state index >= 15 is 0 Å². The topological polar surface area (TPSA) is 76.0 Å². The Balaban J connectivity index is 1.87. The molecule has 1 aromatic rings. The van der Waals surface area contributed by atoms with Crippen molar-refractivity contribution in [3.8, 4) is 0 Å². The van der Waals surface area contributed by atoms with Crippen molar-refractivity contribution < 1.29 is 8.42 Å². The van der Waals surface area contributed by atoms with E-state index in [4.69, 9.17) is 0 Å². The first-order valence-electron chi connectivity index (χ1n) is 6.69. The Kier molecular flexibility index (Phi) is 4.59. The zero-order valence-electron chi connectivity index (χ0n) is 11.5. The lowest BCUT2D eigenvalue weighted by molar-refractivity contribution is 0.354. The highest BCUT2D eigenvalue weighted by Gasteiger charge is 2.19. The van der Waals surface area contributed by atoms with Crippen molar-refractivity contribution >= 4 is 10.0 Å². The van der Waals surface area contributed by atoms with E-state index in [2.05, 4.69) is 15.0 Å². The maximum Gasteiger partial charge on any atom is 0.259 e. The summed E-state index contributed by atoms with van der Waals surface area (Å²) in [5, 5.41) is 3.41. The fourth-order valence-corrected chi connectivity index (χ4v) is 3.38. The van der Waals surface area contributed by atoms with E-state index in [9.17, 15) is 8.42 Å². The maximum atomic E-state index is 12.0. The predicted molar refractivity (Wildman–Crippen MR) is 73.3 cm³/mol. The second-order valence-electron chi connectivity index (χ2n) is 5.12. The van der Waals surface area contributed by atoms with E-state index in [1.807, 2.05) is 0 Å². The molecule has 2 rings (SSSR count). The molecule has 1 saturated heterocycles. The van der Waals surface area contributed by atoms with Crippen LogP contribution in [0.5, 0.6) is 0 Å². The van der Waals surface area contributed by atoms with Crippen molar-refractivity contribution in [3.63, 3.8) is 0 Å². The summed E-state index contributed by atoms with van der Waals surface area (Å²) in [6.45, 7) is 4.35. The van der Waals surface area contributed by atoms with Crippen molar-refractivity contribution in [2.75, 3.05) is 19.6 Å². The number of piperidine rings is 1. The van der Waals surface area contributed by atoms with Gasteiger partial charge < -0.3 is 9.88 Å². The van der Waals surface area contributed by atoms with E-state index in [1.165, 1.54) is 0 Å². The third-order valence-corrected chi connectivity index (χ3v) is 5.00. The van der Waals surface area contributed by atoms with Crippen LogP contribution in [0.3, 0.4) is 0 Å². The minimum Gasteiger partial charge on any atom is -0.337 e. The molecule has 0 bridgehead atoms. The van der Waals surface area contributed by atoms with Gasteiger partial charge >= 0.3 is 0 Å². The van der Waals surface area contributed by atoms with E-state index in [1.54, 1.807) is 24.7 Å². The Morgan fingerprint density at radius 3 is 2.74 bits per heavy atom. The van der Waals surface area contributed by atoms with Crippen molar-refractivity contribution in [3.05, 3.63) is 12.0 Å². The molecule has 1 aliphatic rings. The Labute approximate surface area is 114 Å². The standard InChI is InChI=1S/C12H22N4O2S/c1-10-15-12(9-16(10)2)19(17,18)14-8-5-11-3-6-13-7-4-11/h9,11,13-14H,3-8H2,1-2H3. The average Bonchev–Trinajstić information content (AvgIpc) is 2.72. The molecule has 0 radical (unpaired) electrons. The third-order valence-electron chi connectivity index (χ3n) is 3.67. The van der Waals surface area contributed by atoms with Gasteiger partial charge in [-0.05, 0) is 45.2 Å². The summed E-state index contributed by atoms with van der Waals surface area (Å²) in [7, 11) is -1.67. The number of hydrogen-bond donors (Lipinski definition) is 2. The lowest BCUT2D eigenvalue weighted by Gasteiger charge is -2.22. The lowest BCUT2D eigenvalue weighted by Crippen LogP contribution is -2.31. The van der Waals surface area contributed by atoms with Gasteiger partial charge in [0.2, 0.25) is 0 Å². The summed E-state index contributed by atoms with van der Waals surface area (Å²) in [6, 6.07) is 0. The van der Waals surface area contributed by atoms with Crippen LogP contribution in [0, 0.1) is 12.8 Å². The van der Waals surface area contributed by atoms with Gasteiger partial charge in [-0.1, -0.05) is 0 Å². The number of sulfonamides is 1. The predicted octanol–water partition coefficient (Wildman–Crippen LogP) is 0.397. The van der Waals surface area contributed by atoms with Crippen LogP contribution in [0.1, 0.15) is 25.1 Å². The number of aromatic nitrogens is 2. The van der Waals surface area contributed by atoms with Gasteiger partial charge in [-0.25, -0.2) is 18.1 Å². The van der Waals surface area contributed by atoms with Crippen LogP contribution in [0.2, 0.25) is 0 Å². The quantitative estimate of drug-likeness (QED) is 0.821. The SMILES string of the molecule is Cc1nc(S(=O)(=O)NCCC2CCNCC2)cn1C. The normalized spacial score (nSPS) is 17.8. The fraction of sp³-hybridized carbons (Fsp3) is 0.750. The van der Waals surface area contributed by atoms with Gasteiger partial charge in [0, 0.05) is 19.8 Å². The zero-order chi connectivity index (χ0) is 13.9. The van der Waals surface area contributed by atoms with Crippen molar-refractivity contribution in [2.24, 2.45) is 13.0 Å². The molecule has 1 aliphatic heterocycles.